The van der Waals surface area contributed by atoms with E-state index >= 15 is 0 Å². The van der Waals surface area contributed by atoms with E-state index in [-0.39, 0.29) is 5.97 Å². The quantitative estimate of drug-likeness (QED) is 0.239. The van der Waals surface area contributed by atoms with Crippen LogP contribution in [-0.4, -0.2) is 43.8 Å². The van der Waals surface area contributed by atoms with E-state index in [9.17, 15) is 4.79 Å². The second-order valence-corrected chi connectivity index (χ2v) is 5.98. The molecule has 2 rings (SSSR count). The molecule has 2 aromatic carbocycles. The maximum atomic E-state index is 11.0. The third-order valence-electron chi connectivity index (χ3n) is 3.44. The maximum Gasteiger partial charge on any atom is 0.308 e. The summed E-state index contributed by atoms with van der Waals surface area (Å²) in [4.78, 5) is 18.5. The molecule has 136 valence electrons. The Balaban J connectivity index is 2.11. The molecule has 5 heteroatoms. The van der Waals surface area contributed by atoms with Crippen LogP contribution in [0.15, 0.2) is 65.8 Å². The first-order chi connectivity index (χ1) is 12.5. The van der Waals surface area contributed by atoms with Crippen molar-refractivity contribution in [2.45, 2.75) is 6.92 Å². The predicted octanol–water partition coefficient (Wildman–Crippen LogP) is 3.61. The van der Waals surface area contributed by atoms with Crippen LogP contribution in [-0.2, 0) is 9.63 Å². The Morgan fingerprint density at radius 2 is 1.77 bits per heavy atom. The highest BCUT2D eigenvalue weighted by Gasteiger charge is 2.01. The highest BCUT2D eigenvalue weighted by atomic mass is 16.6. The zero-order valence-corrected chi connectivity index (χ0v) is 15.4. The van der Waals surface area contributed by atoms with Crippen molar-refractivity contribution in [3.05, 3.63) is 71.8 Å². The van der Waals surface area contributed by atoms with Crippen LogP contribution in [0.4, 0.5) is 0 Å². The first-order valence-electron chi connectivity index (χ1n) is 8.41. The lowest BCUT2D eigenvalue weighted by atomic mass is 10.1. The molecule has 0 spiro atoms. The molecule has 0 N–H and O–H groups in total. The molecule has 0 aromatic heterocycles. The highest BCUT2D eigenvalue weighted by molar-refractivity contribution is 6.10. The number of oxime groups is 1. The van der Waals surface area contributed by atoms with Gasteiger partial charge in [0.15, 0.2) is 0 Å². The topological polar surface area (TPSA) is 51.1 Å². The molecule has 0 atom stereocenters. The SMILES string of the molecule is CC(=O)Oc1ccc(C=CC(=NOCCN(C)C)c2ccccc2)cc1. The first kappa shape index (κ1) is 19.4. The van der Waals surface area contributed by atoms with Crippen LogP contribution in [0.2, 0.25) is 0 Å². The molecular formula is C21H24N2O3. The van der Waals surface area contributed by atoms with Gasteiger partial charge in [-0.25, -0.2) is 0 Å². The fraction of sp³-hybridized carbons (Fsp3) is 0.238. The zero-order valence-electron chi connectivity index (χ0n) is 15.4. The van der Waals surface area contributed by atoms with Gasteiger partial charge in [0.05, 0.1) is 0 Å². The average Bonchev–Trinajstić information content (AvgIpc) is 2.62. The molecule has 0 heterocycles. The van der Waals surface area contributed by atoms with E-state index in [0.29, 0.717) is 12.4 Å². The summed E-state index contributed by atoms with van der Waals surface area (Å²) >= 11 is 0. The van der Waals surface area contributed by atoms with Gasteiger partial charge in [-0.1, -0.05) is 53.7 Å². The summed E-state index contributed by atoms with van der Waals surface area (Å²) in [5.41, 5.74) is 2.69. The number of likely N-dealkylation sites (N-methyl/N-ethyl adjacent to an activating group) is 1. The molecule has 0 aliphatic heterocycles. The fourth-order valence-corrected chi connectivity index (χ4v) is 2.11. The third-order valence-corrected chi connectivity index (χ3v) is 3.44. The summed E-state index contributed by atoms with van der Waals surface area (Å²) < 4.78 is 5.04. The van der Waals surface area contributed by atoms with Gasteiger partial charge in [-0.2, -0.15) is 0 Å². The Kier molecular flexibility index (Phi) is 7.58. The van der Waals surface area contributed by atoms with Crippen molar-refractivity contribution in [1.29, 1.82) is 0 Å². The van der Waals surface area contributed by atoms with E-state index in [2.05, 4.69) is 5.16 Å². The number of carbonyl (C=O) groups excluding carboxylic acids is 1. The molecule has 26 heavy (non-hydrogen) atoms. The van der Waals surface area contributed by atoms with Crippen molar-refractivity contribution >= 4 is 17.8 Å². The number of benzene rings is 2. The molecule has 0 aliphatic rings. The van der Waals surface area contributed by atoms with E-state index in [0.717, 1.165) is 23.4 Å². The monoisotopic (exact) mass is 352 g/mol. The number of hydrogen-bond donors (Lipinski definition) is 0. The lowest BCUT2D eigenvalue weighted by molar-refractivity contribution is -0.131. The maximum absolute atomic E-state index is 11.0. The van der Waals surface area contributed by atoms with Crippen molar-refractivity contribution in [1.82, 2.24) is 4.90 Å². The van der Waals surface area contributed by atoms with Gasteiger partial charge in [0.2, 0.25) is 0 Å². The van der Waals surface area contributed by atoms with Gasteiger partial charge in [-0.15, -0.1) is 0 Å². The lowest BCUT2D eigenvalue weighted by Crippen LogP contribution is -2.17. The minimum absolute atomic E-state index is 0.332. The van der Waals surface area contributed by atoms with Gasteiger partial charge in [0, 0.05) is 19.0 Å². The Labute approximate surface area is 154 Å². The number of ether oxygens (including phenoxy) is 1. The van der Waals surface area contributed by atoms with Crippen LogP contribution < -0.4 is 4.74 Å². The number of carbonyl (C=O) groups is 1. The van der Waals surface area contributed by atoms with E-state index in [1.807, 2.05) is 73.6 Å². The largest absolute Gasteiger partial charge is 0.427 e. The molecular weight excluding hydrogens is 328 g/mol. The Morgan fingerprint density at radius 1 is 1.08 bits per heavy atom. The normalized spacial score (nSPS) is 11.8. The van der Waals surface area contributed by atoms with Gasteiger partial charge in [0.1, 0.15) is 18.1 Å². The summed E-state index contributed by atoms with van der Waals surface area (Å²) in [5.74, 6) is 0.195. The number of allylic oxidation sites excluding steroid dienone is 1. The molecule has 0 amide bonds. The highest BCUT2D eigenvalue weighted by Crippen LogP contribution is 2.14. The van der Waals surface area contributed by atoms with Gasteiger partial charge >= 0.3 is 5.97 Å². The van der Waals surface area contributed by atoms with Gasteiger partial charge in [-0.3, -0.25) is 4.79 Å². The number of hydrogen-bond acceptors (Lipinski definition) is 5. The molecule has 0 saturated heterocycles. The molecule has 0 radical (unpaired) electrons. The summed E-state index contributed by atoms with van der Waals surface area (Å²) in [6.45, 7) is 2.70. The molecule has 2 aromatic rings. The number of nitrogens with zero attached hydrogens (tertiary/aromatic N) is 2. The number of rotatable bonds is 8. The first-order valence-corrected chi connectivity index (χ1v) is 8.41. The summed E-state index contributed by atoms with van der Waals surface area (Å²) in [5, 5.41) is 4.27. The van der Waals surface area contributed by atoms with Gasteiger partial charge < -0.3 is 14.5 Å². The van der Waals surface area contributed by atoms with Crippen molar-refractivity contribution in [2.24, 2.45) is 5.16 Å². The second-order valence-electron chi connectivity index (χ2n) is 5.98. The van der Waals surface area contributed by atoms with E-state index in [1.54, 1.807) is 12.1 Å². The van der Waals surface area contributed by atoms with Crippen molar-refractivity contribution in [2.75, 3.05) is 27.2 Å². The van der Waals surface area contributed by atoms with Crippen LogP contribution in [0.25, 0.3) is 6.08 Å². The minimum Gasteiger partial charge on any atom is -0.427 e. The molecule has 0 aliphatic carbocycles. The van der Waals surface area contributed by atoms with E-state index in [1.165, 1.54) is 6.92 Å². The Morgan fingerprint density at radius 3 is 2.38 bits per heavy atom. The van der Waals surface area contributed by atoms with Crippen molar-refractivity contribution in [3.8, 4) is 5.75 Å². The zero-order chi connectivity index (χ0) is 18.8. The summed E-state index contributed by atoms with van der Waals surface area (Å²) in [6, 6.07) is 17.1. The van der Waals surface area contributed by atoms with Crippen LogP contribution in [0.5, 0.6) is 5.75 Å². The van der Waals surface area contributed by atoms with Crippen LogP contribution in [0, 0.1) is 0 Å². The Hall–Kier alpha value is -2.92. The van der Waals surface area contributed by atoms with Gasteiger partial charge in [-0.05, 0) is 37.9 Å². The molecule has 0 saturated carbocycles. The molecule has 0 unspecified atom stereocenters. The van der Waals surface area contributed by atoms with Crippen LogP contribution in [0.1, 0.15) is 18.1 Å². The van der Waals surface area contributed by atoms with E-state index in [4.69, 9.17) is 9.57 Å². The molecule has 0 fully saturated rings. The average molecular weight is 352 g/mol. The van der Waals surface area contributed by atoms with Crippen LogP contribution >= 0.6 is 0 Å². The third kappa shape index (κ3) is 6.91. The second kappa shape index (κ2) is 10.2. The lowest BCUT2D eigenvalue weighted by Gasteiger charge is -2.08. The molecule has 5 nitrogen and oxygen atoms in total. The standard InChI is InChI=1S/C21H24N2O3/c1-17(24)26-20-12-9-18(10-13-20)11-14-21(19-7-5-4-6-8-19)22-25-16-15-23(2)3/h4-14H,15-16H2,1-3H3. The summed E-state index contributed by atoms with van der Waals surface area (Å²) in [6.07, 6.45) is 3.85. The van der Waals surface area contributed by atoms with Gasteiger partial charge in [0.25, 0.3) is 0 Å². The minimum atomic E-state index is -0.332. The summed E-state index contributed by atoms with van der Waals surface area (Å²) in [7, 11) is 3.98. The van der Waals surface area contributed by atoms with Crippen molar-refractivity contribution < 1.29 is 14.4 Å². The predicted molar refractivity (Wildman–Crippen MR) is 104 cm³/mol. The number of esters is 1. The fourth-order valence-electron chi connectivity index (χ4n) is 2.11. The Bertz CT molecular complexity index is 751. The smallest absolute Gasteiger partial charge is 0.308 e. The van der Waals surface area contributed by atoms with Crippen LogP contribution in [0.3, 0.4) is 0 Å². The van der Waals surface area contributed by atoms with E-state index < -0.39 is 0 Å². The molecule has 0 bridgehead atoms. The van der Waals surface area contributed by atoms with Crippen molar-refractivity contribution in [3.63, 3.8) is 0 Å².